The predicted octanol–water partition coefficient (Wildman–Crippen LogP) is 3.42. The summed E-state index contributed by atoms with van der Waals surface area (Å²) in [6.45, 7) is 1.55. The van der Waals surface area contributed by atoms with Gasteiger partial charge in [0.25, 0.3) is 0 Å². The lowest BCUT2D eigenvalue weighted by atomic mass is 9.85. The van der Waals surface area contributed by atoms with Gasteiger partial charge in [-0.1, -0.05) is 23.4 Å². The largest absolute Gasteiger partial charge is 0.379 e. The van der Waals surface area contributed by atoms with Gasteiger partial charge in [0.2, 0.25) is 0 Å². The molecular weight excluding hydrogens is 350 g/mol. The molecule has 2 aromatic carbocycles. The molecule has 0 saturated carbocycles. The first-order chi connectivity index (χ1) is 12.9. The third-order valence-electron chi connectivity index (χ3n) is 4.31. The van der Waals surface area contributed by atoms with Crippen LogP contribution in [0, 0.1) is 23.0 Å². The zero-order chi connectivity index (χ0) is 19.4. The van der Waals surface area contributed by atoms with Crippen molar-refractivity contribution in [2.75, 3.05) is 0 Å². The fraction of sp³-hybridized carbons (Fsp3) is 0.150. The lowest BCUT2D eigenvalue weighted by molar-refractivity contribution is 0.0498. The Morgan fingerprint density at radius 3 is 2.59 bits per heavy atom. The van der Waals surface area contributed by atoms with Crippen molar-refractivity contribution in [2.24, 2.45) is 0 Å². The molecular formula is C20H16F2N4O. The van der Waals surface area contributed by atoms with Crippen LogP contribution < -0.4 is 0 Å². The molecule has 0 radical (unpaired) electrons. The van der Waals surface area contributed by atoms with Crippen LogP contribution in [0.4, 0.5) is 8.78 Å². The van der Waals surface area contributed by atoms with E-state index in [0.717, 1.165) is 17.7 Å². The minimum Gasteiger partial charge on any atom is -0.379 e. The molecule has 0 amide bonds. The number of rotatable bonds is 5. The van der Waals surface area contributed by atoms with Crippen LogP contribution in [0.25, 0.3) is 6.08 Å². The van der Waals surface area contributed by atoms with Gasteiger partial charge in [0.05, 0.1) is 24.4 Å². The highest BCUT2D eigenvalue weighted by molar-refractivity contribution is 5.57. The number of aliphatic hydroxyl groups is 1. The minimum absolute atomic E-state index is 0.0678. The molecule has 0 bridgehead atoms. The van der Waals surface area contributed by atoms with E-state index in [4.69, 9.17) is 5.26 Å². The van der Waals surface area contributed by atoms with E-state index in [2.05, 4.69) is 10.3 Å². The Balaban J connectivity index is 2.07. The van der Waals surface area contributed by atoms with E-state index in [0.29, 0.717) is 11.1 Å². The number of halogens is 2. The van der Waals surface area contributed by atoms with Crippen LogP contribution in [0.3, 0.4) is 0 Å². The highest BCUT2D eigenvalue weighted by Gasteiger charge is 2.35. The number of hydrogen-bond donors (Lipinski definition) is 1. The molecule has 1 heterocycles. The number of benzene rings is 2. The maximum absolute atomic E-state index is 14.5. The first-order valence-electron chi connectivity index (χ1n) is 8.13. The number of nitrogens with zero attached hydrogens (tertiary/aromatic N) is 4. The summed E-state index contributed by atoms with van der Waals surface area (Å²) in [5.41, 5.74) is -0.187. The summed E-state index contributed by atoms with van der Waals surface area (Å²) in [7, 11) is 0. The maximum Gasteiger partial charge on any atom is 0.133 e. The first-order valence-corrected chi connectivity index (χ1v) is 8.13. The van der Waals surface area contributed by atoms with E-state index >= 15 is 0 Å². The van der Waals surface area contributed by atoms with Crippen LogP contribution in [0.1, 0.15) is 23.6 Å². The van der Waals surface area contributed by atoms with E-state index in [1.165, 1.54) is 16.9 Å². The van der Waals surface area contributed by atoms with Gasteiger partial charge < -0.3 is 5.11 Å². The Hall–Kier alpha value is -3.37. The van der Waals surface area contributed by atoms with Gasteiger partial charge in [0.1, 0.15) is 17.2 Å². The van der Waals surface area contributed by atoms with Crippen molar-refractivity contribution in [3.8, 4) is 6.07 Å². The molecule has 5 nitrogen and oxygen atoms in total. The Kier molecular flexibility index (Phi) is 5.10. The second kappa shape index (κ2) is 7.48. The average molecular weight is 366 g/mol. The molecule has 1 unspecified atom stereocenters. The lowest BCUT2D eigenvalue weighted by Gasteiger charge is -2.30. The highest BCUT2D eigenvalue weighted by atomic mass is 19.1. The third-order valence-corrected chi connectivity index (χ3v) is 4.31. The van der Waals surface area contributed by atoms with E-state index in [1.807, 2.05) is 6.07 Å². The number of aromatic nitrogens is 3. The fourth-order valence-corrected chi connectivity index (χ4v) is 2.82. The van der Waals surface area contributed by atoms with Crippen LogP contribution in [0.15, 0.2) is 60.4 Å². The summed E-state index contributed by atoms with van der Waals surface area (Å²) in [4.78, 5) is 0. The average Bonchev–Trinajstić information content (AvgIpc) is 3.15. The molecule has 1 N–H and O–H groups in total. The van der Waals surface area contributed by atoms with Crippen LogP contribution in [-0.4, -0.2) is 20.1 Å². The summed E-state index contributed by atoms with van der Waals surface area (Å²) >= 11 is 0. The molecule has 0 aliphatic carbocycles. The van der Waals surface area contributed by atoms with E-state index in [-0.39, 0.29) is 12.1 Å². The van der Waals surface area contributed by atoms with Crippen molar-refractivity contribution in [1.29, 1.82) is 5.26 Å². The monoisotopic (exact) mass is 366 g/mol. The summed E-state index contributed by atoms with van der Waals surface area (Å²) in [6, 6.07) is 11.8. The van der Waals surface area contributed by atoms with Gasteiger partial charge in [0, 0.05) is 17.8 Å². The molecule has 27 heavy (non-hydrogen) atoms. The van der Waals surface area contributed by atoms with Gasteiger partial charge in [-0.25, -0.2) is 13.5 Å². The highest BCUT2D eigenvalue weighted by Crippen LogP contribution is 2.34. The van der Waals surface area contributed by atoms with Crippen molar-refractivity contribution in [1.82, 2.24) is 15.0 Å². The molecule has 3 aromatic rings. The van der Waals surface area contributed by atoms with Crippen molar-refractivity contribution in [2.45, 2.75) is 19.1 Å². The van der Waals surface area contributed by atoms with Crippen molar-refractivity contribution in [3.05, 3.63) is 88.8 Å². The van der Waals surface area contributed by atoms with Gasteiger partial charge in [0.15, 0.2) is 0 Å². The van der Waals surface area contributed by atoms with Gasteiger partial charge in [-0.2, -0.15) is 5.26 Å². The topological polar surface area (TPSA) is 74.7 Å². The standard InChI is InChI=1S/C20H16F2N4O/c1-14(10-15-2-4-16(12-23)5-3-15)20(27,13-26-9-8-24-25-26)18-7-6-17(21)11-19(18)22/h2-11,27H,13H2,1H3. The van der Waals surface area contributed by atoms with Gasteiger partial charge >= 0.3 is 0 Å². The van der Waals surface area contributed by atoms with Gasteiger partial charge in [-0.05, 0) is 42.3 Å². The molecule has 1 aromatic heterocycles. The second-order valence-corrected chi connectivity index (χ2v) is 6.15. The van der Waals surface area contributed by atoms with Crippen LogP contribution in [0.5, 0.6) is 0 Å². The summed E-state index contributed by atoms with van der Waals surface area (Å²) in [5.74, 6) is -1.58. The molecule has 0 saturated heterocycles. The molecule has 3 rings (SSSR count). The summed E-state index contributed by atoms with van der Waals surface area (Å²) in [6.07, 6.45) is 4.67. The molecule has 1 atom stereocenters. The Morgan fingerprint density at radius 2 is 2.00 bits per heavy atom. The van der Waals surface area contributed by atoms with E-state index in [1.54, 1.807) is 43.5 Å². The molecule has 7 heteroatoms. The van der Waals surface area contributed by atoms with Crippen LogP contribution in [-0.2, 0) is 12.1 Å². The number of hydrogen-bond acceptors (Lipinski definition) is 4. The van der Waals surface area contributed by atoms with Crippen LogP contribution in [0.2, 0.25) is 0 Å². The minimum atomic E-state index is -1.78. The summed E-state index contributed by atoms with van der Waals surface area (Å²) < 4.78 is 29.2. The predicted molar refractivity (Wildman–Crippen MR) is 95.1 cm³/mol. The zero-order valence-corrected chi connectivity index (χ0v) is 14.5. The van der Waals surface area contributed by atoms with E-state index in [9.17, 15) is 13.9 Å². The fourth-order valence-electron chi connectivity index (χ4n) is 2.82. The quantitative estimate of drug-likeness (QED) is 0.751. The smallest absolute Gasteiger partial charge is 0.133 e. The van der Waals surface area contributed by atoms with Gasteiger partial charge in [-0.3, -0.25) is 0 Å². The van der Waals surface area contributed by atoms with Crippen LogP contribution >= 0.6 is 0 Å². The lowest BCUT2D eigenvalue weighted by Crippen LogP contribution is -2.34. The Labute approximate surface area is 154 Å². The summed E-state index contributed by atoms with van der Waals surface area (Å²) in [5, 5.41) is 27.8. The van der Waals surface area contributed by atoms with Crippen molar-refractivity contribution >= 4 is 6.08 Å². The third kappa shape index (κ3) is 3.91. The SMILES string of the molecule is CC(=Cc1ccc(C#N)cc1)C(O)(Cn1ccnn1)c1ccc(F)cc1F. The normalized spacial score (nSPS) is 13.8. The molecule has 0 fully saturated rings. The Morgan fingerprint density at radius 1 is 1.26 bits per heavy atom. The molecule has 0 aliphatic rings. The number of nitriles is 1. The van der Waals surface area contributed by atoms with E-state index < -0.39 is 17.2 Å². The molecule has 0 spiro atoms. The maximum atomic E-state index is 14.5. The molecule has 0 aliphatic heterocycles. The first kappa shape index (κ1) is 18.4. The zero-order valence-electron chi connectivity index (χ0n) is 14.5. The van der Waals surface area contributed by atoms with Crippen molar-refractivity contribution in [3.63, 3.8) is 0 Å². The Bertz CT molecular complexity index is 1010. The van der Waals surface area contributed by atoms with Gasteiger partial charge in [-0.15, -0.1) is 5.10 Å². The second-order valence-electron chi connectivity index (χ2n) is 6.15. The van der Waals surface area contributed by atoms with Crippen molar-refractivity contribution < 1.29 is 13.9 Å². The molecule has 136 valence electrons.